The second kappa shape index (κ2) is 6.98. The fourth-order valence-electron chi connectivity index (χ4n) is 2.80. The topological polar surface area (TPSA) is 50.2 Å². The standard InChI is InChI=1S/C17H20F2N4O/c18-17(19)6-9-23(10-7-17)16(24)21-15(12-22-11-8-20-13-22)14-4-2-1-3-5-14/h1-5,8,11,13,15H,6-7,9-10,12H2,(H,21,24)/t15-/m1/s1. The Labute approximate surface area is 139 Å². The molecule has 2 heterocycles. The summed E-state index contributed by atoms with van der Waals surface area (Å²) in [5.74, 6) is -2.66. The number of amides is 2. The Morgan fingerprint density at radius 2 is 1.96 bits per heavy atom. The Bertz CT molecular complexity index is 650. The molecule has 0 unspecified atom stereocenters. The summed E-state index contributed by atoms with van der Waals surface area (Å²) in [7, 11) is 0. The van der Waals surface area contributed by atoms with E-state index < -0.39 is 5.92 Å². The minimum Gasteiger partial charge on any atom is -0.335 e. The first-order valence-corrected chi connectivity index (χ1v) is 7.97. The van der Waals surface area contributed by atoms with Gasteiger partial charge in [-0.05, 0) is 5.56 Å². The maximum absolute atomic E-state index is 13.3. The van der Waals surface area contributed by atoms with Crippen LogP contribution in [0.2, 0.25) is 0 Å². The number of benzene rings is 1. The van der Waals surface area contributed by atoms with E-state index in [9.17, 15) is 13.6 Å². The highest BCUT2D eigenvalue weighted by Gasteiger charge is 2.36. The molecule has 0 radical (unpaired) electrons. The summed E-state index contributed by atoms with van der Waals surface area (Å²) in [6.45, 7) is 0.677. The molecule has 1 aliphatic rings. The van der Waals surface area contributed by atoms with Gasteiger partial charge >= 0.3 is 6.03 Å². The molecule has 2 aromatic rings. The third-order valence-electron chi connectivity index (χ3n) is 4.23. The lowest BCUT2D eigenvalue weighted by Crippen LogP contribution is -2.48. The molecule has 1 fully saturated rings. The van der Waals surface area contributed by atoms with Gasteiger partial charge in [-0.3, -0.25) is 0 Å². The van der Waals surface area contributed by atoms with E-state index in [0.29, 0.717) is 6.54 Å². The number of urea groups is 1. The number of alkyl halides is 2. The zero-order valence-electron chi connectivity index (χ0n) is 13.2. The van der Waals surface area contributed by atoms with Crippen LogP contribution in [0.15, 0.2) is 49.1 Å². The van der Waals surface area contributed by atoms with Gasteiger partial charge in [-0.25, -0.2) is 18.6 Å². The highest BCUT2D eigenvalue weighted by Crippen LogP contribution is 2.28. The monoisotopic (exact) mass is 334 g/mol. The summed E-state index contributed by atoms with van der Waals surface area (Å²) in [6.07, 6.45) is 4.62. The van der Waals surface area contributed by atoms with Gasteiger partial charge in [0.25, 0.3) is 5.92 Å². The van der Waals surface area contributed by atoms with Gasteiger partial charge in [0, 0.05) is 44.9 Å². The number of rotatable bonds is 4. The molecule has 0 aliphatic carbocycles. The van der Waals surface area contributed by atoms with Crippen LogP contribution in [0.5, 0.6) is 0 Å². The minimum absolute atomic E-state index is 0.0748. The molecule has 1 aromatic carbocycles. The molecule has 24 heavy (non-hydrogen) atoms. The molecule has 7 heteroatoms. The first-order valence-electron chi connectivity index (χ1n) is 7.97. The Morgan fingerprint density at radius 1 is 1.25 bits per heavy atom. The van der Waals surface area contributed by atoms with Crippen LogP contribution in [0.25, 0.3) is 0 Å². The molecule has 0 spiro atoms. The second-order valence-electron chi connectivity index (χ2n) is 6.02. The van der Waals surface area contributed by atoms with Crippen molar-refractivity contribution in [3.05, 3.63) is 54.6 Å². The van der Waals surface area contributed by atoms with Crippen LogP contribution in [0.3, 0.4) is 0 Å². The number of carbonyl (C=O) groups excluding carboxylic acids is 1. The Hall–Kier alpha value is -2.44. The minimum atomic E-state index is -2.66. The van der Waals surface area contributed by atoms with Gasteiger partial charge in [0.1, 0.15) is 0 Å². The predicted octanol–water partition coefficient (Wildman–Crippen LogP) is 3.07. The number of hydrogen-bond donors (Lipinski definition) is 1. The number of likely N-dealkylation sites (tertiary alicyclic amines) is 1. The highest BCUT2D eigenvalue weighted by molar-refractivity contribution is 5.74. The fourth-order valence-corrected chi connectivity index (χ4v) is 2.80. The van der Waals surface area contributed by atoms with Gasteiger partial charge < -0.3 is 14.8 Å². The maximum atomic E-state index is 13.3. The molecule has 1 atom stereocenters. The molecule has 2 amide bonds. The third-order valence-corrected chi connectivity index (χ3v) is 4.23. The normalized spacial score (nSPS) is 18.2. The lowest BCUT2D eigenvalue weighted by atomic mass is 10.1. The van der Waals surface area contributed by atoms with E-state index in [0.717, 1.165) is 5.56 Å². The van der Waals surface area contributed by atoms with Crippen LogP contribution >= 0.6 is 0 Å². The highest BCUT2D eigenvalue weighted by atomic mass is 19.3. The Balaban J connectivity index is 1.68. The summed E-state index contributed by atoms with van der Waals surface area (Å²) in [5.41, 5.74) is 0.960. The number of imidazole rings is 1. The maximum Gasteiger partial charge on any atom is 0.317 e. The van der Waals surface area contributed by atoms with Crippen LogP contribution in [0.1, 0.15) is 24.4 Å². The van der Waals surface area contributed by atoms with Crippen LogP contribution in [0.4, 0.5) is 13.6 Å². The van der Waals surface area contributed by atoms with E-state index in [4.69, 9.17) is 0 Å². The fraction of sp³-hybridized carbons (Fsp3) is 0.412. The van der Waals surface area contributed by atoms with Gasteiger partial charge in [0.15, 0.2) is 0 Å². The summed E-state index contributed by atoms with van der Waals surface area (Å²) in [6, 6.07) is 9.04. The van der Waals surface area contributed by atoms with Crippen LogP contribution < -0.4 is 5.32 Å². The molecule has 1 aliphatic heterocycles. The van der Waals surface area contributed by atoms with Crippen molar-refractivity contribution in [1.82, 2.24) is 19.8 Å². The summed E-state index contributed by atoms with van der Waals surface area (Å²) >= 11 is 0. The van der Waals surface area contributed by atoms with Crippen molar-refractivity contribution >= 4 is 6.03 Å². The zero-order chi connectivity index (χ0) is 17.0. The van der Waals surface area contributed by atoms with Crippen molar-refractivity contribution in [2.45, 2.75) is 31.4 Å². The summed E-state index contributed by atoms with van der Waals surface area (Å²) < 4.78 is 28.4. The van der Waals surface area contributed by atoms with Gasteiger partial charge in [-0.15, -0.1) is 0 Å². The average Bonchev–Trinajstić information content (AvgIpc) is 3.08. The van der Waals surface area contributed by atoms with E-state index in [2.05, 4.69) is 10.3 Å². The molecule has 1 aromatic heterocycles. The second-order valence-corrected chi connectivity index (χ2v) is 6.02. The van der Waals surface area contributed by atoms with Gasteiger partial charge in [-0.1, -0.05) is 30.3 Å². The van der Waals surface area contributed by atoms with Gasteiger partial charge in [-0.2, -0.15) is 0 Å². The number of piperidine rings is 1. The number of halogens is 2. The van der Waals surface area contributed by atoms with E-state index in [1.807, 2.05) is 41.1 Å². The van der Waals surface area contributed by atoms with Crippen molar-refractivity contribution in [1.29, 1.82) is 0 Å². The van der Waals surface area contributed by atoms with Crippen LogP contribution in [0, 0.1) is 0 Å². The van der Waals surface area contributed by atoms with Gasteiger partial charge in [0.05, 0.1) is 12.4 Å². The average molecular weight is 334 g/mol. The molecule has 0 saturated carbocycles. The van der Waals surface area contributed by atoms with Crippen molar-refractivity contribution in [3.8, 4) is 0 Å². The van der Waals surface area contributed by atoms with E-state index in [1.165, 1.54) is 4.90 Å². The smallest absolute Gasteiger partial charge is 0.317 e. The van der Waals surface area contributed by atoms with E-state index in [-0.39, 0.29) is 38.0 Å². The summed E-state index contributed by atoms with van der Waals surface area (Å²) in [5, 5.41) is 2.96. The predicted molar refractivity (Wildman–Crippen MR) is 85.7 cm³/mol. The largest absolute Gasteiger partial charge is 0.335 e. The van der Waals surface area contributed by atoms with E-state index in [1.54, 1.807) is 12.5 Å². The molecule has 0 bridgehead atoms. The van der Waals surface area contributed by atoms with E-state index >= 15 is 0 Å². The quantitative estimate of drug-likeness (QED) is 0.934. The number of nitrogens with zero attached hydrogens (tertiary/aromatic N) is 3. The van der Waals surface area contributed by atoms with Crippen molar-refractivity contribution in [2.24, 2.45) is 0 Å². The zero-order valence-corrected chi connectivity index (χ0v) is 13.2. The molecule has 1 saturated heterocycles. The number of hydrogen-bond acceptors (Lipinski definition) is 2. The van der Waals surface area contributed by atoms with Crippen molar-refractivity contribution in [2.75, 3.05) is 13.1 Å². The Morgan fingerprint density at radius 3 is 2.58 bits per heavy atom. The first kappa shape index (κ1) is 16.4. The van der Waals surface area contributed by atoms with Crippen LogP contribution in [-0.2, 0) is 6.54 Å². The summed E-state index contributed by atoms with van der Waals surface area (Å²) in [4.78, 5) is 17.9. The Kier molecular flexibility index (Phi) is 4.78. The van der Waals surface area contributed by atoms with Gasteiger partial charge in [0.2, 0.25) is 0 Å². The van der Waals surface area contributed by atoms with Crippen molar-refractivity contribution in [3.63, 3.8) is 0 Å². The molecule has 128 valence electrons. The number of nitrogens with one attached hydrogen (secondary N) is 1. The first-order chi connectivity index (χ1) is 11.5. The SMILES string of the molecule is O=C(N[C@H](Cn1ccnc1)c1ccccc1)N1CCC(F)(F)CC1. The molecule has 3 rings (SSSR count). The lowest BCUT2D eigenvalue weighted by Gasteiger charge is -2.33. The number of carbonyl (C=O) groups is 1. The molecule has 1 N–H and O–H groups in total. The number of aromatic nitrogens is 2. The molecular formula is C17H20F2N4O. The molecule has 5 nitrogen and oxygen atoms in total. The lowest BCUT2D eigenvalue weighted by molar-refractivity contribution is -0.0471. The third kappa shape index (κ3) is 4.10. The molecular weight excluding hydrogens is 314 g/mol. The van der Waals surface area contributed by atoms with Crippen LogP contribution in [-0.4, -0.2) is 39.5 Å². The van der Waals surface area contributed by atoms with Crippen molar-refractivity contribution < 1.29 is 13.6 Å².